The molecule has 126 valence electrons. The van der Waals surface area contributed by atoms with Crippen molar-refractivity contribution in [3.8, 4) is 11.5 Å². The smallest absolute Gasteiger partial charge is 0.417 e. The lowest BCUT2D eigenvalue weighted by Gasteiger charge is -2.25. The Morgan fingerprint density at radius 3 is 2.43 bits per heavy atom. The van der Waals surface area contributed by atoms with Gasteiger partial charge in [0.15, 0.2) is 11.5 Å². The molecule has 1 aromatic rings. The molecule has 0 aliphatic carbocycles. The Balaban J connectivity index is 2.27. The standard InChI is InChI=1S/C17H23NO5/c1-10(2)13-9-23-17(20)18(13)16(19)11(3)12-6-7-14(21-4)15(8-12)22-5/h6-8,10-11,13H,9H2,1-5H3. The summed E-state index contributed by atoms with van der Waals surface area (Å²) in [4.78, 5) is 25.9. The number of cyclic esters (lactones) is 1. The molecule has 23 heavy (non-hydrogen) atoms. The van der Waals surface area contributed by atoms with Gasteiger partial charge < -0.3 is 14.2 Å². The van der Waals surface area contributed by atoms with Crippen LogP contribution in [0.15, 0.2) is 18.2 Å². The van der Waals surface area contributed by atoms with Crippen molar-refractivity contribution in [3.63, 3.8) is 0 Å². The average molecular weight is 321 g/mol. The SMILES string of the molecule is COc1ccc(C(C)C(=O)N2C(=O)OCC2C(C)C)cc1OC. The van der Waals surface area contributed by atoms with Crippen molar-refractivity contribution >= 4 is 12.0 Å². The Morgan fingerprint density at radius 1 is 1.22 bits per heavy atom. The molecule has 2 rings (SSSR count). The highest BCUT2D eigenvalue weighted by atomic mass is 16.6. The Morgan fingerprint density at radius 2 is 1.87 bits per heavy atom. The Labute approximate surface area is 136 Å². The molecule has 6 heteroatoms. The first kappa shape index (κ1) is 17.1. The molecule has 0 N–H and O–H groups in total. The lowest BCUT2D eigenvalue weighted by atomic mass is 9.97. The summed E-state index contributed by atoms with van der Waals surface area (Å²) in [5.41, 5.74) is 0.759. The number of methoxy groups -OCH3 is 2. The van der Waals surface area contributed by atoms with E-state index in [0.29, 0.717) is 11.5 Å². The summed E-state index contributed by atoms with van der Waals surface area (Å²) >= 11 is 0. The van der Waals surface area contributed by atoms with Crippen molar-refractivity contribution in [3.05, 3.63) is 23.8 Å². The molecule has 2 unspecified atom stereocenters. The van der Waals surface area contributed by atoms with Crippen LogP contribution in [-0.2, 0) is 9.53 Å². The molecule has 0 bridgehead atoms. The molecule has 0 spiro atoms. The third-order valence-electron chi connectivity index (χ3n) is 4.19. The van der Waals surface area contributed by atoms with Gasteiger partial charge in [0.05, 0.1) is 26.2 Å². The van der Waals surface area contributed by atoms with Crippen molar-refractivity contribution in [2.75, 3.05) is 20.8 Å². The third-order valence-corrected chi connectivity index (χ3v) is 4.19. The molecule has 2 atom stereocenters. The fraction of sp³-hybridized carbons (Fsp3) is 0.529. The summed E-state index contributed by atoms with van der Waals surface area (Å²) in [5.74, 6) is 0.536. The molecule has 1 heterocycles. The fourth-order valence-electron chi connectivity index (χ4n) is 2.65. The first-order chi connectivity index (χ1) is 10.9. The first-order valence-electron chi connectivity index (χ1n) is 7.62. The molecule has 1 fully saturated rings. The average Bonchev–Trinajstić information content (AvgIpc) is 2.94. The van der Waals surface area contributed by atoms with Gasteiger partial charge in [0.1, 0.15) is 6.61 Å². The topological polar surface area (TPSA) is 65.1 Å². The van der Waals surface area contributed by atoms with Crippen LogP contribution in [-0.4, -0.2) is 43.8 Å². The van der Waals surface area contributed by atoms with Crippen LogP contribution in [0.3, 0.4) is 0 Å². The van der Waals surface area contributed by atoms with Crippen LogP contribution in [0.25, 0.3) is 0 Å². The maximum Gasteiger partial charge on any atom is 0.417 e. The predicted octanol–water partition coefficient (Wildman–Crippen LogP) is 2.81. The molecular weight excluding hydrogens is 298 g/mol. The number of nitrogens with zero attached hydrogens (tertiary/aromatic N) is 1. The number of rotatable bonds is 5. The monoisotopic (exact) mass is 321 g/mol. The predicted molar refractivity (Wildman–Crippen MR) is 84.8 cm³/mol. The molecule has 0 aromatic heterocycles. The normalized spacial score (nSPS) is 18.8. The number of carbonyl (C=O) groups excluding carboxylic acids is 2. The number of imide groups is 1. The first-order valence-corrected chi connectivity index (χ1v) is 7.62. The largest absolute Gasteiger partial charge is 0.493 e. The van der Waals surface area contributed by atoms with E-state index in [-0.39, 0.29) is 24.5 Å². The summed E-state index contributed by atoms with van der Waals surface area (Å²) in [6.45, 7) is 5.95. The number of hydrogen-bond donors (Lipinski definition) is 0. The molecular formula is C17H23NO5. The fourth-order valence-corrected chi connectivity index (χ4v) is 2.65. The van der Waals surface area contributed by atoms with E-state index >= 15 is 0 Å². The van der Waals surface area contributed by atoms with Crippen LogP contribution in [0.4, 0.5) is 4.79 Å². The van der Waals surface area contributed by atoms with Gasteiger partial charge in [0.25, 0.3) is 0 Å². The Hall–Kier alpha value is -2.24. The van der Waals surface area contributed by atoms with Gasteiger partial charge in [-0.15, -0.1) is 0 Å². The number of ether oxygens (including phenoxy) is 3. The third kappa shape index (κ3) is 3.25. The summed E-state index contributed by atoms with van der Waals surface area (Å²) in [7, 11) is 3.10. The van der Waals surface area contributed by atoms with E-state index in [4.69, 9.17) is 14.2 Å². The Bertz CT molecular complexity index is 599. The minimum absolute atomic E-state index is 0.142. The van der Waals surface area contributed by atoms with E-state index in [1.54, 1.807) is 39.3 Å². The van der Waals surface area contributed by atoms with Gasteiger partial charge in [-0.05, 0) is 30.5 Å². The van der Waals surface area contributed by atoms with Crippen LogP contribution < -0.4 is 9.47 Å². The van der Waals surface area contributed by atoms with Crippen LogP contribution in [0, 0.1) is 5.92 Å². The molecule has 1 aliphatic heterocycles. The summed E-state index contributed by atoms with van der Waals surface area (Å²) in [6.07, 6.45) is -0.568. The van der Waals surface area contributed by atoms with Crippen molar-refractivity contribution < 1.29 is 23.8 Å². The number of amides is 2. The Kier molecular flexibility index (Phi) is 5.13. The number of carbonyl (C=O) groups is 2. The molecule has 1 aromatic carbocycles. The van der Waals surface area contributed by atoms with Gasteiger partial charge in [-0.2, -0.15) is 0 Å². The van der Waals surface area contributed by atoms with Crippen LogP contribution in [0.2, 0.25) is 0 Å². The summed E-state index contributed by atoms with van der Waals surface area (Å²) < 4.78 is 15.5. The van der Waals surface area contributed by atoms with Gasteiger partial charge in [-0.1, -0.05) is 19.9 Å². The highest BCUT2D eigenvalue weighted by Gasteiger charge is 2.41. The second kappa shape index (κ2) is 6.89. The zero-order valence-corrected chi connectivity index (χ0v) is 14.2. The van der Waals surface area contributed by atoms with Crippen molar-refractivity contribution in [1.82, 2.24) is 4.90 Å². The second-order valence-electron chi connectivity index (χ2n) is 5.93. The zero-order chi connectivity index (χ0) is 17.1. The molecule has 1 saturated heterocycles. The minimum Gasteiger partial charge on any atom is -0.493 e. The van der Waals surface area contributed by atoms with Crippen LogP contribution in [0.1, 0.15) is 32.3 Å². The highest BCUT2D eigenvalue weighted by Crippen LogP contribution is 2.32. The van der Waals surface area contributed by atoms with E-state index in [1.165, 1.54) is 4.90 Å². The van der Waals surface area contributed by atoms with E-state index in [2.05, 4.69) is 0 Å². The van der Waals surface area contributed by atoms with Crippen molar-refractivity contribution in [1.29, 1.82) is 0 Å². The van der Waals surface area contributed by atoms with Gasteiger partial charge in [0.2, 0.25) is 5.91 Å². The quantitative estimate of drug-likeness (QED) is 0.834. The molecule has 1 aliphatic rings. The van der Waals surface area contributed by atoms with Gasteiger partial charge in [0, 0.05) is 0 Å². The molecule has 2 amide bonds. The molecule has 0 radical (unpaired) electrons. The minimum atomic E-state index is -0.568. The summed E-state index contributed by atoms with van der Waals surface area (Å²) in [6, 6.07) is 5.08. The highest BCUT2D eigenvalue weighted by molar-refractivity contribution is 5.97. The maximum absolute atomic E-state index is 12.8. The van der Waals surface area contributed by atoms with Crippen molar-refractivity contribution in [2.45, 2.75) is 32.7 Å². The van der Waals surface area contributed by atoms with Gasteiger partial charge in [-0.3, -0.25) is 4.79 Å². The lowest BCUT2D eigenvalue weighted by molar-refractivity contribution is -0.131. The number of hydrogen-bond acceptors (Lipinski definition) is 5. The molecule has 0 saturated carbocycles. The zero-order valence-electron chi connectivity index (χ0n) is 14.2. The summed E-state index contributed by atoms with van der Waals surface area (Å²) in [5, 5.41) is 0. The van der Waals surface area contributed by atoms with Crippen LogP contribution in [0.5, 0.6) is 11.5 Å². The van der Waals surface area contributed by atoms with Gasteiger partial charge >= 0.3 is 6.09 Å². The van der Waals surface area contributed by atoms with Crippen molar-refractivity contribution in [2.24, 2.45) is 5.92 Å². The lowest BCUT2D eigenvalue weighted by Crippen LogP contribution is -2.43. The van der Waals surface area contributed by atoms with E-state index in [1.807, 2.05) is 13.8 Å². The van der Waals surface area contributed by atoms with E-state index < -0.39 is 12.0 Å². The van der Waals surface area contributed by atoms with E-state index in [9.17, 15) is 9.59 Å². The second-order valence-corrected chi connectivity index (χ2v) is 5.93. The molecule has 6 nitrogen and oxygen atoms in total. The van der Waals surface area contributed by atoms with E-state index in [0.717, 1.165) is 5.56 Å². The van der Waals surface area contributed by atoms with Gasteiger partial charge in [-0.25, -0.2) is 9.69 Å². The van der Waals surface area contributed by atoms with Crippen LogP contribution >= 0.6 is 0 Å². The maximum atomic E-state index is 12.8. The number of benzene rings is 1.